The van der Waals surface area contributed by atoms with Crippen LogP contribution in [0.25, 0.3) is 0 Å². The topological polar surface area (TPSA) is 86.0 Å². The van der Waals surface area contributed by atoms with Crippen molar-refractivity contribution >= 4 is 17.4 Å². The number of halogens is 1. The average Bonchev–Trinajstić information content (AvgIpc) is 2.37. The van der Waals surface area contributed by atoms with E-state index < -0.39 is 0 Å². The second-order valence-electron chi connectivity index (χ2n) is 3.16. The maximum atomic E-state index is 5.77. The fourth-order valence-corrected chi connectivity index (χ4v) is 1.30. The lowest BCUT2D eigenvalue weighted by Crippen LogP contribution is -2.09. The van der Waals surface area contributed by atoms with Crippen molar-refractivity contribution < 1.29 is 4.74 Å². The second-order valence-corrected chi connectivity index (χ2v) is 3.60. The van der Waals surface area contributed by atoms with Crippen molar-refractivity contribution in [2.45, 2.75) is 6.61 Å². The maximum absolute atomic E-state index is 5.77. The quantitative estimate of drug-likeness (QED) is 0.631. The Morgan fingerprint density at radius 1 is 1.24 bits per heavy atom. The molecule has 0 aliphatic carbocycles. The van der Waals surface area contributed by atoms with Crippen LogP contribution in [-0.2, 0) is 6.61 Å². The van der Waals surface area contributed by atoms with Crippen LogP contribution in [0, 0.1) is 0 Å². The number of nitrogens with one attached hydrogen (secondary N) is 1. The van der Waals surface area contributed by atoms with Crippen molar-refractivity contribution in [1.82, 2.24) is 15.0 Å². The van der Waals surface area contributed by atoms with E-state index in [9.17, 15) is 0 Å². The molecule has 0 fully saturated rings. The van der Waals surface area contributed by atoms with E-state index in [4.69, 9.17) is 22.2 Å². The molecule has 0 saturated heterocycles. The number of anilines is 1. The first-order valence-electron chi connectivity index (χ1n) is 4.79. The SMILES string of the molecule is NNc1cnc(COc2cncc(Cl)c2)cn1. The first-order valence-corrected chi connectivity index (χ1v) is 5.16. The minimum absolute atomic E-state index is 0.292. The number of ether oxygens (including phenoxy) is 1. The first-order chi connectivity index (χ1) is 8.28. The lowest BCUT2D eigenvalue weighted by atomic mass is 10.4. The van der Waals surface area contributed by atoms with E-state index in [1.807, 2.05) is 0 Å². The van der Waals surface area contributed by atoms with Gasteiger partial charge in [-0.15, -0.1) is 0 Å². The molecule has 0 atom stereocenters. The van der Waals surface area contributed by atoms with E-state index in [1.165, 1.54) is 12.4 Å². The van der Waals surface area contributed by atoms with Gasteiger partial charge in [0, 0.05) is 12.3 Å². The van der Waals surface area contributed by atoms with Gasteiger partial charge in [0.2, 0.25) is 0 Å². The standard InChI is InChI=1S/C10H10ClN5O/c11-7-1-9(4-13-2-7)17-6-8-3-15-10(16-12)5-14-8/h1-5H,6,12H2,(H,15,16). The fourth-order valence-electron chi connectivity index (χ4n) is 1.13. The zero-order valence-electron chi connectivity index (χ0n) is 8.80. The van der Waals surface area contributed by atoms with Gasteiger partial charge in [-0.1, -0.05) is 11.6 Å². The summed E-state index contributed by atoms with van der Waals surface area (Å²) in [5, 5.41) is 0.524. The van der Waals surface area contributed by atoms with Crippen LogP contribution in [0.2, 0.25) is 5.02 Å². The molecule has 3 N–H and O–H groups in total. The first kappa shape index (κ1) is 11.6. The van der Waals surface area contributed by atoms with Crippen molar-refractivity contribution in [3.63, 3.8) is 0 Å². The van der Waals surface area contributed by atoms with Gasteiger partial charge in [0.1, 0.15) is 12.4 Å². The van der Waals surface area contributed by atoms with E-state index in [1.54, 1.807) is 18.5 Å². The minimum Gasteiger partial charge on any atom is -0.486 e. The summed E-state index contributed by atoms with van der Waals surface area (Å²) in [6.07, 6.45) is 6.22. The molecular formula is C10H10ClN5O. The van der Waals surface area contributed by atoms with Crippen LogP contribution in [-0.4, -0.2) is 15.0 Å². The molecule has 88 valence electrons. The molecule has 2 heterocycles. The molecule has 0 radical (unpaired) electrons. The van der Waals surface area contributed by atoms with Gasteiger partial charge in [-0.05, 0) is 0 Å². The smallest absolute Gasteiger partial charge is 0.158 e. The Morgan fingerprint density at radius 2 is 2.12 bits per heavy atom. The zero-order chi connectivity index (χ0) is 12.1. The number of hydrazine groups is 1. The molecule has 6 nitrogen and oxygen atoms in total. The average molecular weight is 252 g/mol. The Balaban J connectivity index is 1.97. The molecule has 0 bridgehead atoms. The summed E-state index contributed by atoms with van der Waals surface area (Å²) >= 11 is 5.77. The highest BCUT2D eigenvalue weighted by molar-refractivity contribution is 6.30. The van der Waals surface area contributed by atoms with Gasteiger partial charge in [0.05, 0.1) is 29.3 Å². The Labute approximate surface area is 103 Å². The van der Waals surface area contributed by atoms with Gasteiger partial charge < -0.3 is 10.2 Å². The molecule has 0 aliphatic rings. The molecule has 2 rings (SSSR count). The van der Waals surface area contributed by atoms with Crippen molar-refractivity contribution in [3.05, 3.63) is 41.6 Å². The van der Waals surface area contributed by atoms with Crippen LogP contribution in [0.1, 0.15) is 5.69 Å². The van der Waals surface area contributed by atoms with Crippen molar-refractivity contribution in [2.75, 3.05) is 5.43 Å². The molecule has 0 amide bonds. The molecule has 0 spiro atoms. The van der Waals surface area contributed by atoms with Gasteiger partial charge in [0.15, 0.2) is 5.82 Å². The number of hydrogen-bond donors (Lipinski definition) is 2. The molecule has 2 aromatic heterocycles. The van der Waals surface area contributed by atoms with Crippen LogP contribution in [0.3, 0.4) is 0 Å². The predicted octanol–water partition coefficient (Wildman–Crippen LogP) is 1.39. The van der Waals surface area contributed by atoms with Crippen molar-refractivity contribution in [1.29, 1.82) is 0 Å². The van der Waals surface area contributed by atoms with Gasteiger partial charge in [-0.25, -0.2) is 10.8 Å². The third-order valence-electron chi connectivity index (χ3n) is 1.92. The molecule has 17 heavy (non-hydrogen) atoms. The summed E-state index contributed by atoms with van der Waals surface area (Å²) in [6, 6.07) is 1.68. The van der Waals surface area contributed by atoms with E-state index in [0.717, 1.165) is 0 Å². The maximum Gasteiger partial charge on any atom is 0.158 e. The van der Waals surface area contributed by atoms with Crippen molar-refractivity contribution in [2.24, 2.45) is 5.84 Å². The number of nitrogens with two attached hydrogens (primary N) is 1. The molecule has 2 aromatic rings. The molecule has 0 unspecified atom stereocenters. The highest BCUT2D eigenvalue weighted by atomic mass is 35.5. The summed E-state index contributed by atoms with van der Waals surface area (Å²) in [5.74, 6) is 6.26. The highest BCUT2D eigenvalue weighted by Crippen LogP contribution is 2.16. The molecule has 0 aromatic carbocycles. The van der Waals surface area contributed by atoms with E-state index in [-0.39, 0.29) is 0 Å². The highest BCUT2D eigenvalue weighted by Gasteiger charge is 1.99. The summed E-state index contributed by atoms with van der Waals surface area (Å²) in [7, 11) is 0. The number of hydrogen-bond acceptors (Lipinski definition) is 6. The van der Waals surface area contributed by atoms with E-state index >= 15 is 0 Å². The van der Waals surface area contributed by atoms with E-state index in [2.05, 4.69) is 20.4 Å². The van der Waals surface area contributed by atoms with Crippen LogP contribution in [0.5, 0.6) is 5.75 Å². The monoisotopic (exact) mass is 251 g/mol. The number of aromatic nitrogens is 3. The second kappa shape index (κ2) is 5.42. The lowest BCUT2D eigenvalue weighted by Gasteiger charge is -2.05. The van der Waals surface area contributed by atoms with Crippen LogP contribution >= 0.6 is 11.6 Å². The summed E-state index contributed by atoms with van der Waals surface area (Å²) < 4.78 is 5.45. The number of nitrogen functional groups attached to an aromatic ring is 1. The Kier molecular flexibility index (Phi) is 3.69. The van der Waals surface area contributed by atoms with Gasteiger partial charge >= 0.3 is 0 Å². The molecular weight excluding hydrogens is 242 g/mol. The number of rotatable bonds is 4. The van der Waals surface area contributed by atoms with Crippen molar-refractivity contribution in [3.8, 4) is 5.75 Å². The van der Waals surface area contributed by atoms with Gasteiger partial charge in [0.25, 0.3) is 0 Å². The third kappa shape index (κ3) is 3.27. The number of pyridine rings is 1. The lowest BCUT2D eigenvalue weighted by molar-refractivity contribution is 0.299. The van der Waals surface area contributed by atoms with E-state index in [0.29, 0.717) is 28.9 Å². The minimum atomic E-state index is 0.292. The normalized spacial score (nSPS) is 10.0. The Hall–Kier alpha value is -1.92. The Bertz CT molecular complexity index is 490. The third-order valence-corrected chi connectivity index (χ3v) is 2.13. The fraction of sp³-hybridized carbons (Fsp3) is 0.100. The molecule has 7 heteroatoms. The summed E-state index contributed by atoms with van der Waals surface area (Å²) in [6.45, 7) is 0.292. The largest absolute Gasteiger partial charge is 0.486 e. The van der Waals surface area contributed by atoms with Crippen LogP contribution < -0.4 is 16.0 Å². The number of nitrogens with zero attached hydrogens (tertiary/aromatic N) is 3. The Morgan fingerprint density at radius 3 is 2.76 bits per heavy atom. The van der Waals surface area contributed by atoms with Crippen LogP contribution in [0.4, 0.5) is 5.82 Å². The summed E-state index contributed by atoms with van der Waals surface area (Å²) in [4.78, 5) is 12.0. The van der Waals surface area contributed by atoms with Gasteiger partial charge in [-0.2, -0.15) is 0 Å². The zero-order valence-corrected chi connectivity index (χ0v) is 9.55. The summed E-state index contributed by atoms with van der Waals surface area (Å²) in [5.41, 5.74) is 3.08. The van der Waals surface area contributed by atoms with Crippen LogP contribution in [0.15, 0.2) is 30.9 Å². The predicted molar refractivity (Wildman–Crippen MR) is 63.4 cm³/mol. The molecule has 0 aliphatic heterocycles. The molecule has 0 saturated carbocycles. The van der Waals surface area contributed by atoms with Gasteiger partial charge in [-0.3, -0.25) is 9.97 Å².